The van der Waals surface area contributed by atoms with Gasteiger partial charge in [-0.05, 0) is 75.7 Å². The molecule has 0 saturated heterocycles. The number of nitrogens with one attached hydrogen (secondary N) is 1. The van der Waals surface area contributed by atoms with Crippen LogP contribution in [0.2, 0.25) is 0 Å². The summed E-state index contributed by atoms with van der Waals surface area (Å²) in [5.41, 5.74) is 7.77. The quantitative estimate of drug-likeness (QED) is 0.886. The topological polar surface area (TPSA) is 63.8 Å². The second-order valence-corrected chi connectivity index (χ2v) is 7.35. The van der Waals surface area contributed by atoms with Gasteiger partial charge in [-0.25, -0.2) is 4.68 Å². The van der Waals surface area contributed by atoms with Gasteiger partial charge in [-0.1, -0.05) is 0 Å². The number of H-pyrrole nitrogens is 1. The zero-order valence-corrected chi connectivity index (χ0v) is 12.3. The van der Waals surface area contributed by atoms with Gasteiger partial charge in [0.1, 0.15) is 0 Å². The molecule has 4 heteroatoms. The molecule has 0 radical (unpaired) electrons. The lowest BCUT2D eigenvalue weighted by Crippen LogP contribution is -2.48. The Morgan fingerprint density at radius 1 is 1.15 bits per heavy atom. The minimum atomic E-state index is 0.199. The van der Waals surface area contributed by atoms with Crippen molar-refractivity contribution in [2.24, 2.45) is 29.4 Å². The fourth-order valence-electron chi connectivity index (χ4n) is 5.57. The highest BCUT2D eigenvalue weighted by Gasteiger charge is 2.49. The lowest BCUT2D eigenvalue weighted by atomic mass is 9.54. The molecule has 0 spiro atoms. The molecule has 3 N–H and O–H groups in total. The van der Waals surface area contributed by atoms with E-state index in [1.807, 2.05) is 11.6 Å². The maximum Gasteiger partial charge on any atom is 0.270 e. The van der Waals surface area contributed by atoms with Crippen LogP contribution < -0.4 is 11.3 Å². The second-order valence-electron chi connectivity index (χ2n) is 7.35. The zero-order valence-electron chi connectivity index (χ0n) is 12.3. The first-order chi connectivity index (χ1) is 9.67. The Labute approximate surface area is 119 Å². The van der Waals surface area contributed by atoms with Crippen molar-refractivity contribution in [3.05, 3.63) is 21.6 Å². The number of aromatic nitrogens is 2. The molecule has 0 atom stereocenters. The predicted octanol–water partition coefficient (Wildman–Crippen LogP) is 1.98. The first-order valence-electron chi connectivity index (χ1n) is 8.17. The van der Waals surface area contributed by atoms with Crippen LogP contribution in [0.25, 0.3) is 0 Å². The van der Waals surface area contributed by atoms with Crippen molar-refractivity contribution in [1.29, 1.82) is 0 Å². The number of aromatic amines is 1. The monoisotopic (exact) mass is 275 g/mol. The molecular weight excluding hydrogens is 250 g/mol. The Morgan fingerprint density at radius 2 is 1.75 bits per heavy atom. The summed E-state index contributed by atoms with van der Waals surface area (Å²) in [7, 11) is 0. The van der Waals surface area contributed by atoms with Crippen molar-refractivity contribution in [1.82, 2.24) is 9.78 Å². The number of hydrogen-bond donors (Lipinski definition) is 2. The lowest BCUT2D eigenvalue weighted by Gasteiger charge is -2.54. The largest absolute Gasteiger partial charge is 0.330 e. The van der Waals surface area contributed by atoms with Crippen LogP contribution in [0, 0.1) is 30.6 Å². The van der Waals surface area contributed by atoms with E-state index in [0.29, 0.717) is 19.0 Å². The highest BCUT2D eigenvalue weighted by atomic mass is 16.1. The SMILES string of the molecule is Cc1[nH]n(C2C3CC4CC(C3)CC2C4)c(=O)c1CCN. The second kappa shape index (κ2) is 4.48. The van der Waals surface area contributed by atoms with E-state index < -0.39 is 0 Å². The Morgan fingerprint density at radius 3 is 2.30 bits per heavy atom. The van der Waals surface area contributed by atoms with E-state index in [-0.39, 0.29) is 5.56 Å². The fraction of sp³-hybridized carbons (Fsp3) is 0.812. The van der Waals surface area contributed by atoms with Crippen molar-refractivity contribution in [3.63, 3.8) is 0 Å². The third-order valence-corrected chi connectivity index (χ3v) is 6.09. The minimum Gasteiger partial charge on any atom is -0.330 e. The molecule has 1 heterocycles. The van der Waals surface area contributed by atoms with Crippen molar-refractivity contribution >= 4 is 0 Å². The molecule has 5 rings (SSSR count). The van der Waals surface area contributed by atoms with Gasteiger partial charge in [0, 0.05) is 11.3 Å². The van der Waals surface area contributed by atoms with Crippen LogP contribution in [0.15, 0.2) is 4.79 Å². The molecule has 110 valence electrons. The van der Waals surface area contributed by atoms with E-state index in [1.54, 1.807) is 0 Å². The van der Waals surface area contributed by atoms with Gasteiger partial charge in [-0.2, -0.15) is 0 Å². The summed E-state index contributed by atoms with van der Waals surface area (Å²) in [5, 5.41) is 3.37. The highest BCUT2D eigenvalue weighted by Crippen LogP contribution is 2.57. The highest BCUT2D eigenvalue weighted by molar-refractivity contribution is 5.17. The third-order valence-electron chi connectivity index (χ3n) is 6.09. The summed E-state index contributed by atoms with van der Waals surface area (Å²) in [6, 6.07) is 0.431. The molecule has 0 aromatic carbocycles. The van der Waals surface area contributed by atoms with Crippen LogP contribution in [0.5, 0.6) is 0 Å². The van der Waals surface area contributed by atoms with Gasteiger partial charge in [0.05, 0.1) is 6.04 Å². The van der Waals surface area contributed by atoms with Crippen molar-refractivity contribution in [3.8, 4) is 0 Å². The van der Waals surface area contributed by atoms with Gasteiger partial charge in [0.25, 0.3) is 5.56 Å². The van der Waals surface area contributed by atoms with Gasteiger partial charge in [0.2, 0.25) is 0 Å². The van der Waals surface area contributed by atoms with E-state index in [0.717, 1.165) is 34.9 Å². The van der Waals surface area contributed by atoms with Crippen molar-refractivity contribution in [2.75, 3.05) is 6.54 Å². The fourth-order valence-corrected chi connectivity index (χ4v) is 5.57. The molecule has 4 bridgehead atoms. The standard InChI is InChI=1S/C16H25N3O/c1-9-14(2-3-17)16(20)19(18-9)15-12-5-10-4-11(7-12)8-13(15)6-10/h10-13,15,18H,2-8,17H2,1H3. The van der Waals surface area contributed by atoms with Gasteiger partial charge in [0.15, 0.2) is 0 Å². The van der Waals surface area contributed by atoms with Gasteiger partial charge < -0.3 is 5.73 Å². The molecule has 1 aromatic rings. The van der Waals surface area contributed by atoms with Crippen LogP contribution in [0.3, 0.4) is 0 Å². The van der Waals surface area contributed by atoms with Crippen LogP contribution in [-0.2, 0) is 6.42 Å². The number of aryl methyl sites for hydroxylation is 1. The van der Waals surface area contributed by atoms with Crippen molar-refractivity contribution < 1.29 is 0 Å². The first-order valence-corrected chi connectivity index (χ1v) is 8.17. The lowest BCUT2D eigenvalue weighted by molar-refractivity contribution is -0.0349. The first kappa shape index (κ1) is 12.7. The molecule has 4 nitrogen and oxygen atoms in total. The maximum atomic E-state index is 12.7. The van der Waals surface area contributed by atoms with E-state index >= 15 is 0 Å². The van der Waals surface area contributed by atoms with E-state index in [4.69, 9.17) is 5.73 Å². The molecule has 0 amide bonds. The molecule has 4 aliphatic rings. The maximum absolute atomic E-state index is 12.7. The van der Waals surface area contributed by atoms with Crippen LogP contribution in [-0.4, -0.2) is 16.3 Å². The number of nitrogens with zero attached hydrogens (tertiary/aromatic N) is 1. The number of nitrogens with two attached hydrogens (primary N) is 1. The Kier molecular flexibility index (Phi) is 2.85. The van der Waals surface area contributed by atoms with Crippen LogP contribution >= 0.6 is 0 Å². The Bertz CT molecular complexity index is 543. The summed E-state index contributed by atoms with van der Waals surface area (Å²) in [6.45, 7) is 2.56. The summed E-state index contributed by atoms with van der Waals surface area (Å²) in [5.74, 6) is 3.36. The number of hydrogen-bond acceptors (Lipinski definition) is 2. The smallest absolute Gasteiger partial charge is 0.270 e. The van der Waals surface area contributed by atoms with E-state index in [9.17, 15) is 4.79 Å². The minimum absolute atomic E-state index is 0.199. The van der Waals surface area contributed by atoms with E-state index in [2.05, 4.69) is 5.10 Å². The molecule has 0 aliphatic heterocycles. The molecular formula is C16H25N3O. The predicted molar refractivity (Wildman–Crippen MR) is 78.6 cm³/mol. The normalized spacial score (nSPS) is 38.6. The molecule has 4 aliphatic carbocycles. The Balaban J connectivity index is 1.71. The zero-order chi connectivity index (χ0) is 13.9. The van der Waals surface area contributed by atoms with Gasteiger partial charge >= 0.3 is 0 Å². The average Bonchev–Trinajstić information content (AvgIpc) is 2.66. The van der Waals surface area contributed by atoms with Crippen LogP contribution in [0.1, 0.15) is 49.4 Å². The molecule has 20 heavy (non-hydrogen) atoms. The van der Waals surface area contributed by atoms with Gasteiger partial charge in [-0.3, -0.25) is 9.89 Å². The summed E-state index contributed by atoms with van der Waals surface area (Å²) >= 11 is 0. The van der Waals surface area contributed by atoms with E-state index in [1.165, 1.54) is 32.1 Å². The molecule has 4 fully saturated rings. The molecule has 1 aromatic heterocycles. The summed E-state index contributed by atoms with van der Waals surface area (Å²) in [6.07, 6.45) is 7.52. The van der Waals surface area contributed by atoms with Crippen molar-refractivity contribution in [2.45, 2.75) is 51.5 Å². The molecule has 0 unspecified atom stereocenters. The summed E-state index contributed by atoms with van der Waals surface area (Å²) in [4.78, 5) is 12.7. The third kappa shape index (κ3) is 1.73. The summed E-state index contributed by atoms with van der Waals surface area (Å²) < 4.78 is 1.98. The van der Waals surface area contributed by atoms with Gasteiger partial charge in [-0.15, -0.1) is 0 Å². The Hall–Kier alpha value is -1.03. The molecule has 4 saturated carbocycles. The van der Waals surface area contributed by atoms with Crippen LogP contribution in [0.4, 0.5) is 0 Å². The average molecular weight is 275 g/mol. The number of rotatable bonds is 3.